The molecule has 1 aromatic carbocycles. The van der Waals surface area contributed by atoms with E-state index in [1.807, 2.05) is 0 Å². The van der Waals surface area contributed by atoms with Crippen LogP contribution in [0.5, 0.6) is 5.75 Å². The summed E-state index contributed by atoms with van der Waals surface area (Å²) in [5.41, 5.74) is 4.02. The number of hydrogen-bond acceptors (Lipinski definition) is 4. The lowest BCUT2D eigenvalue weighted by atomic mass is 10.0. The second kappa shape index (κ2) is 4.95. The molecule has 100 valence electrons. The number of hydrogen-bond donors (Lipinski definition) is 3. The van der Waals surface area contributed by atoms with Gasteiger partial charge in [-0.2, -0.15) is 0 Å². The number of rotatable bonds is 5. The molecule has 1 amide bonds. The summed E-state index contributed by atoms with van der Waals surface area (Å²) < 4.78 is 26.4. The number of phenols is 1. The molecule has 0 fully saturated rings. The van der Waals surface area contributed by atoms with Crippen molar-refractivity contribution < 1.29 is 18.3 Å². The number of benzene rings is 1. The van der Waals surface area contributed by atoms with Crippen LogP contribution in [0.3, 0.4) is 0 Å². The number of phenolic OH excluding ortho intramolecular Hbond substituents is 1. The Bertz CT molecular complexity index is 552. The van der Waals surface area contributed by atoms with Crippen LogP contribution < -0.4 is 10.5 Å². The van der Waals surface area contributed by atoms with Gasteiger partial charge < -0.3 is 10.8 Å². The highest BCUT2D eigenvalue weighted by Crippen LogP contribution is 2.23. The molecule has 18 heavy (non-hydrogen) atoms. The summed E-state index contributed by atoms with van der Waals surface area (Å²) >= 11 is 0. The molecule has 7 heteroatoms. The molecular formula is C11H16N2O4S. The van der Waals surface area contributed by atoms with E-state index in [2.05, 4.69) is 4.72 Å². The van der Waals surface area contributed by atoms with Crippen LogP contribution in [0.1, 0.15) is 20.3 Å². The van der Waals surface area contributed by atoms with E-state index < -0.39 is 21.5 Å². The molecule has 0 aliphatic rings. The zero-order chi connectivity index (χ0) is 14.0. The maximum Gasteiger partial charge on any atom is 0.244 e. The van der Waals surface area contributed by atoms with Crippen molar-refractivity contribution in [3.8, 4) is 5.75 Å². The van der Waals surface area contributed by atoms with Gasteiger partial charge in [0.1, 0.15) is 10.6 Å². The second-order valence-electron chi connectivity index (χ2n) is 4.60. The van der Waals surface area contributed by atoms with Gasteiger partial charge in [0, 0.05) is 12.0 Å². The number of sulfonamides is 1. The van der Waals surface area contributed by atoms with E-state index in [9.17, 15) is 18.3 Å². The van der Waals surface area contributed by atoms with Crippen molar-refractivity contribution in [3.63, 3.8) is 0 Å². The molecule has 4 N–H and O–H groups in total. The molecule has 0 saturated heterocycles. The van der Waals surface area contributed by atoms with Crippen molar-refractivity contribution in [1.29, 1.82) is 0 Å². The highest BCUT2D eigenvalue weighted by molar-refractivity contribution is 7.89. The average molecular weight is 272 g/mol. The lowest BCUT2D eigenvalue weighted by molar-refractivity contribution is -0.119. The first-order chi connectivity index (χ1) is 8.14. The standard InChI is InChI=1S/C11H16N2O4S/c1-11(2,7-10(12)15)13-18(16,17)9-6-4-3-5-8(9)14/h3-6,13-14H,7H2,1-2H3,(H2,12,15). The summed E-state index contributed by atoms with van der Waals surface area (Å²) in [4.78, 5) is 10.6. The van der Waals surface area contributed by atoms with Crippen molar-refractivity contribution >= 4 is 15.9 Å². The summed E-state index contributed by atoms with van der Waals surface area (Å²) in [6.45, 7) is 3.07. The minimum Gasteiger partial charge on any atom is -0.507 e. The van der Waals surface area contributed by atoms with Crippen molar-refractivity contribution in [1.82, 2.24) is 4.72 Å². The zero-order valence-electron chi connectivity index (χ0n) is 10.2. The molecule has 6 nitrogen and oxygen atoms in total. The highest BCUT2D eigenvalue weighted by Gasteiger charge is 2.29. The van der Waals surface area contributed by atoms with E-state index in [0.717, 1.165) is 0 Å². The van der Waals surface area contributed by atoms with Gasteiger partial charge in [0.15, 0.2) is 0 Å². The van der Waals surface area contributed by atoms with E-state index in [1.54, 1.807) is 0 Å². The van der Waals surface area contributed by atoms with Gasteiger partial charge >= 0.3 is 0 Å². The quantitative estimate of drug-likeness (QED) is 0.717. The Balaban J connectivity index is 3.03. The summed E-state index contributed by atoms with van der Waals surface area (Å²) in [7, 11) is -3.90. The molecule has 1 rings (SSSR count). The van der Waals surface area contributed by atoms with E-state index in [-0.39, 0.29) is 17.1 Å². The topological polar surface area (TPSA) is 109 Å². The van der Waals surface area contributed by atoms with Crippen molar-refractivity contribution in [2.75, 3.05) is 0 Å². The predicted octanol–water partition coefficient (Wildman–Crippen LogP) is 0.325. The lowest BCUT2D eigenvalue weighted by Crippen LogP contribution is -2.45. The largest absolute Gasteiger partial charge is 0.507 e. The molecule has 0 radical (unpaired) electrons. The van der Waals surface area contributed by atoms with Crippen molar-refractivity contribution in [3.05, 3.63) is 24.3 Å². The Hall–Kier alpha value is -1.60. The Morgan fingerprint density at radius 3 is 2.44 bits per heavy atom. The summed E-state index contributed by atoms with van der Waals surface area (Å²) in [5.74, 6) is -0.958. The van der Waals surface area contributed by atoms with Gasteiger partial charge in [0.05, 0.1) is 0 Å². The van der Waals surface area contributed by atoms with Crippen LogP contribution in [0.4, 0.5) is 0 Å². The Morgan fingerprint density at radius 2 is 1.94 bits per heavy atom. The number of nitrogens with one attached hydrogen (secondary N) is 1. The van der Waals surface area contributed by atoms with Gasteiger partial charge in [0.25, 0.3) is 0 Å². The molecule has 0 aliphatic heterocycles. The fraction of sp³-hybridized carbons (Fsp3) is 0.364. The van der Waals surface area contributed by atoms with E-state index in [0.29, 0.717) is 0 Å². The third-order valence-corrected chi connectivity index (χ3v) is 3.93. The maximum atomic E-state index is 12.0. The van der Waals surface area contributed by atoms with E-state index in [1.165, 1.54) is 38.1 Å². The SMILES string of the molecule is CC(C)(CC(N)=O)NS(=O)(=O)c1ccccc1O. The fourth-order valence-corrected chi connectivity index (χ4v) is 3.09. The van der Waals surface area contributed by atoms with Crippen LogP contribution in [0.25, 0.3) is 0 Å². The van der Waals surface area contributed by atoms with Gasteiger partial charge in [0.2, 0.25) is 15.9 Å². The molecule has 0 spiro atoms. The van der Waals surface area contributed by atoms with Crippen LogP contribution in [0.15, 0.2) is 29.2 Å². The summed E-state index contributed by atoms with van der Waals surface area (Å²) in [6.07, 6.45) is -0.139. The molecular weight excluding hydrogens is 256 g/mol. The van der Waals surface area contributed by atoms with Crippen LogP contribution in [-0.4, -0.2) is 25.0 Å². The molecule has 0 bridgehead atoms. The van der Waals surface area contributed by atoms with Gasteiger partial charge in [-0.15, -0.1) is 0 Å². The second-order valence-corrected chi connectivity index (χ2v) is 6.25. The Labute approximate surface area is 106 Å². The minimum absolute atomic E-state index is 0.139. The predicted molar refractivity (Wildman–Crippen MR) is 66.3 cm³/mol. The number of nitrogens with two attached hydrogens (primary N) is 1. The first-order valence-corrected chi connectivity index (χ1v) is 6.73. The Morgan fingerprint density at radius 1 is 1.39 bits per heavy atom. The van der Waals surface area contributed by atoms with E-state index >= 15 is 0 Å². The smallest absolute Gasteiger partial charge is 0.244 e. The number of amides is 1. The molecule has 0 unspecified atom stereocenters. The molecule has 0 heterocycles. The number of carbonyl (C=O) groups excluding carboxylic acids is 1. The maximum absolute atomic E-state index is 12.0. The summed E-state index contributed by atoms with van der Waals surface area (Å²) in [6, 6.07) is 5.56. The van der Waals surface area contributed by atoms with E-state index in [4.69, 9.17) is 5.73 Å². The van der Waals surface area contributed by atoms with Crippen molar-refractivity contribution in [2.45, 2.75) is 30.7 Å². The average Bonchev–Trinajstić information content (AvgIpc) is 2.13. The number of carbonyl (C=O) groups is 1. The molecule has 0 saturated carbocycles. The van der Waals surface area contributed by atoms with Gasteiger partial charge in [-0.3, -0.25) is 4.79 Å². The third-order valence-electron chi connectivity index (χ3n) is 2.18. The first kappa shape index (κ1) is 14.5. The van der Waals surface area contributed by atoms with Crippen LogP contribution in [0, 0.1) is 0 Å². The molecule has 0 aliphatic carbocycles. The monoisotopic (exact) mass is 272 g/mol. The number of aromatic hydroxyl groups is 1. The normalized spacial score (nSPS) is 12.3. The molecule has 1 aromatic rings. The zero-order valence-corrected chi connectivity index (χ0v) is 11.0. The van der Waals surface area contributed by atoms with Gasteiger partial charge in [-0.25, -0.2) is 13.1 Å². The molecule has 0 atom stereocenters. The van der Waals surface area contributed by atoms with Gasteiger partial charge in [-0.1, -0.05) is 12.1 Å². The van der Waals surface area contributed by atoms with Crippen LogP contribution >= 0.6 is 0 Å². The lowest BCUT2D eigenvalue weighted by Gasteiger charge is -2.24. The number of primary amides is 1. The fourth-order valence-electron chi connectivity index (χ4n) is 1.57. The van der Waals surface area contributed by atoms with Gasteiger partial charge in [-0.05, 0) is 26.0 Å². The van der Waals surface area contributed by atoms with Crippen LogP contribution in [-0.2, 0) is 14.8 Å². The number of para-hydroxylation sites is 1. The van der Waals surface area contributed by atoms with Crippen LogP contribution in [0.2, 0.25) is 0 Å². The minimum atomic E-state index is -3.90. The highest BCUT2D eigenvalue weighted by atomic mass is 32.2. The molecule has 0 aromatic heterocycles. The Kier molecular flexibility index (Phi) is 3.98. The third kappa shape index (κ3) is 3.71. The van der Waals surface area contributed by atoms with Crippen molar-refractivity contribution in [2.24, 2.45) is 5.73 Å². The first-order valence-electron chi connectivity index (χ1n) is 5.24. The summed E-state index contributed by atoms with van der Waals surface area (Å²) in [5, 5.41) is 9.51.